The third-order valence-electron chi connectivity index (χ3n) is 5.02. The standard InChI is InChI=1S/C19H27N3O3S/c1-3-17(19(23)20-4-2)22-13-10-15-14-16(8-9-18(15)22)26(24,25)21-11-6-5-7-12-21/h8-10,13-14,17H,3-7,11-12H2,1-2H3,(H,20,23)/t17-/m0/s1. The molecule has 1 amide bonds. The smallest absolute Gasteiger partial charge is 0.243 e. The quantitative estimate of drug-likeness (QED) is 0.841. The van der Waals surface area contributed by atoms with Gasteiger partial charge in [0.2, 0.25) is 15.9 Å². The summed E-state index contributed by atoms with van der Waals surface area (Å²) in [6, 6.07) is 6.78. The molecule has 7 heteroatoms. The number of likely N-dealkylation sites (N-methyl/N-ethyl adjacent to an activating group) is 1. The third kappa shape index (κ3) is 3.50. The molecule has 1 aliphatic rings. The van der Waals surface area contributed by atoms with E-state index in [0.717, 1.165) is 30.2 Å². The lowest BCUT2D eigenvalue weighted by molar-refractivity contribution is -0.124. The number of nitrogens with zero attached hydrogens (tertiary/aromatic N) is 2. The zero-order valence-electron chi connectivity index (χ0n) is 15.4. The van der Waals surface area contributed by atoms with Crippen molar-refractivity contribution in [2.75, 3.05) is 19.6 Å². The number of amides is 1. The Balaban J connectivity index is 1.95. The van der Waals surface area contributed by atoms with Crippen LogP contribution in [0, 0.1) is 0 Å². The van der Waals surface area contributed by atoms with Gasteiger partial charge in [-0.3, -0.25) is 4.79 Å². The fourth-order valence-electron chi connectivity index (χ4n) is 3.63. The summed E-state index contributed by atoms with van der Waals surface area (Å²) < 4.78 is 29.3. The van der Waals surface area contributed by atoms with Crippen LogP contribution in [-0.4, -0.2) is 42.8 Å². The van der Waals surface area contributed by atoms with Crippen molar-refractivity contribution in [2.45, 2.75) is 50.5 Å². The van der Waals surface area contributed by atoms with Gasteiger partial charge >= 0.3 is 0 Å². The fourth-order valence-corrected chi connectivity index (χ4v) is 5.18. The number of rotatable bonds is 6. The van der Waals surface area contributed by atoms with Gasteiger partial charge in [0.25, 0.3) is 0 Å². The Kier molecular flexibility index (Phi) is 5.67. The maximum atomic E-state index is 12.9. The average Bonchev–Trinajstić information content (AvgIpc) is 3.06. The highest BCUT2D eigenvalue weighted by molar-refractivity contribution is 7.89. The lowest BCUT2D eigenvalue weighted by Crippen LogP contribution is -2.35. The van der Waals surface area contributed by atoms with Gasteiger partial charge in [-0.1, -0.05) is 13.3 Å². The van der Waals surface area contributed by atoms with Crippen molar-refractivity contribution in [3.05, 3.63) is 30.5 Å². The van der Waals surface area contributed by atoms with Crippen LogP contribution in [0.2, 0.25) is 0 Å². The molecule has 6 nitrogen and oxygen atoms in total. The van der Waals surface area contributed by atoms with E-state index in [0.29, 0.717) is 31.0 Å². The molecular weight excluding hydrogens is 350 g/mol. The molecule has 0 radical (unpaired) electrons. The maximum absolute atomic E-state index is 12.9. The van der Waals surface area contributed by atoms with Crippen LogP contribution >= 0.6 is 0 Å². The van der Waals surface area contributed by atoms with Crippen LogP contribution in [0.3, 0.4) is 0 Å². The Morgan fingerprint density at radius 3 is 2.54 bits per heavy atom. The molecule has 142 valence electrons. The second kappa shape index (κ2) is 7.80. The number of benzene rings is 1. The van der Waals surface area contributed by atoms with Crippen LogP contribution < -0.4 is 5.32 Å². The van der Waals surface area contributed by atoms with Crippen LogP contribution in [-0.2, 0) is 14.8 Å². The van der Waals surface area contributed by atoms with Gasteiger partial charge in [0.1, 0.15) is 6.04 Å². The number of carbonyl (C=O) groups excluding carboxylic acids is 1. The number of fused-ring (bicyclic) bond motifs is 1. The molecule has 1 atom stereocenters. The largest absolute Gasteiger partial charge is 0.355 e. The summed E-state index contributed by atoms with van der Waals surface area (Å²) in [6.45, 7) is 5.65. The SMILES string of the molecule is CCNC(=O)[C@H](CC)n1ccc2cc(S(=O)(=O)N3CCCCC3)ccc21. The van der Waals surface area contributed by atoms with Crippen LogP contribution in [0.25, 0.3) is 10.9 Å². The Morgan fingerprint density at radius 1 is 1.15 bits per heavy atom. The number of hydrogen-bond acceptors (Lipinski definition) is 3. The van der Waals surface area contributed by atoms with E-state index >= 15 is 0 Å². The maximum Gasteiger partial charge on any atom is 0.243 e. The summed E-state index contributed by atoms with van der Waals surface area (Å²) in [5.41, 5.74) is 0.876. The lowest BCUT2D eigenvalue weighted by Gasteiger charge is -2.26. The molecule has 0 spiro atoms. The first-order valence-corrected chi connectivity index (χ1v) is 10.8. The van der Waals surface area contributed by atoms with Crippen LogP contribution in [0.15, 0.2) is 35.4 Å². The monoisotopic (exact) mass is 377 g/mol. The van der Waals surface area contributed by atoms with Crippen molar-refractivity contribution in [3.63, 3.8) is 0 Å². The topological polar surface area (TPSA) is 71.4 Å². The minimum atomic E-state index is -3.45. The minimum absolute atomic E-state index is 0.0162. The second-order valence-electron chi connectivity index (χ2n) is 6.73. The second-order valence-corrected chi connectivity index (χ2v) is 8.66. The van der Waals surface area contributed by atoms with Crippen molar-refractivity contribution >= 4 is 26.8 Å². The van der Waals surface area contributed by atoms with Crippen molar-refractivity contribution in [2.24, 2.45) is 0 Å². The fraction of sp³-hybridized carbons (Fsp3) is 0.526. The summed E-state index contributed by atoms with van der Waals surface area (Å²) in [5, 5.41) is 3.70. The van der Waals surface area contributed by atoms with Crippen molar-refractivity contribution in [1.29, 1.82) is 0 Å². The molecule has 0 bridgehead atoms. The van der Waals surface area contributed by atoms with Gasteiger partial charge < -0.3 is 9.88 Å². The number of nitrogens with one attached hydrogen (secondary N) is 1. The highest BCUT2D eigenvalue weighted by Crippen LogP contribution is 2.27. The van der Waals surface area contributed by atoms with E-state index in [1.165, 1.54) is 0 Å². The molecule has 1 aromatic carbocycles. The minimum Gasteiger partial charge on any atom is -0.355 e. The molecule has 2 aromatic rings. The molecular formula is C19H27N3O3S. The van der Waals surface area contributed by atoms with E-state index in [4.69, 9.17) is 0 Å². The van der Waals surface area contributed by atoms with Crippen molar-refractivity contribution in [3.8, 4) is 0 Å². The Labute approximate surface area is 155 Å². The summed E-state index contributed by atoms with van der Waals surface area (Å²) in [7, 11) is -3.45. The first-order chi connectivity index (χ1) is 12.5. The van der Waals surface area contributed by atoms with Gasteiger partial charge in [0.05, 0.1) is 4.90 Å². The highest BCUT2D eigenvalue weighted by atomic mass is 32.2. The normalized spacial score (nSPS) is 17.3. The molecule has 1 aliphatic heterocycles. The third-order valence-corrected chi connectivity index (χ3v) is 6.92. The zero-order chi connectivity index (χ0) is 18.7. The van der Waals surface area contributed by atoms with E-state index in [1.54, 1.807) is 16.4 Å². The molecule has 26 heavy (non-hydrogen) atoms. The number of carbonyl (C=O) groups is 1. The number of hydrogen-bond donors (Lipinski definition) is 1. The van der Waals surface area contributed by atoms with Crippen LogP contribution in [0.5, 0.6) is 0 Å². The summed E-state index contributed by atoms with van der Waals surface area (Å²) in [5.74, 6) is -0.0162. The van der Waals surface area contributed by atoms with Gasteiger partial charge in [-0.2, -0.15) is 4.31 Å². The van der Waals surface area contributed by atoms with Gasteiger partial charge in [-0.15, -0.1) is 0 Å². The Bertz CT molecular complexity index is 883. The van der Waals surface area contributed by atoms with Gasteiger partial charge in [-0.25, -0.2) is 8.42 Å². The summed E-state index contributed by atoms with van der Waals surface area (Å²) in [6.07, 6.45) is 5.46. The van der Waals surface area contributed by atoms with E-state index in [9.17, 15) is 13.2 Å². The number of piperidine rings is 1. The van der Waals surface area contributed by atoms with E-state index in [1.807, 2.05) is 36.7 Å². The lowest BCUT2D eigenvalue weighted by atomic mass is 10.2. The molecule has 1 aromatic heterocycles. The molecule has 0 saturated carbocycles. The molecule has 1 N–H and O–H groups in total. The van der Waals surface area contributed by atoms with Gasteiger partial charge in [-0.05, 0) is 50.5 Å². The number of sulfonamides is 1. The Hall–Kier alpha value is -1.86. The molecule has 1 saturated heterocycles. The molecule has 0 aliphatic carbocycles. The van der Waals surface area contributed by atoms with E-state index in [-0.39, 0.29) is 11.9 Å². The van der Waals surface area contributed by atoms with Crippen LogP contribution in [0.4, 0.5) is 0 Å². The van der Waals surface area contributed by atoms with Crippen LogP contribution in [0.1, 0.15) is 45.6 Å². The highest BCUT2D eigenvalue weighted by Gasteiger charge is 2.26. The van der Waals surface area contributed by atoms with Crippen molar-refractivity contribution in [1.82, 2.24) is 14.2 Å². The summed E-state index contributed by atoms with van der Waals surface area (Å²) >= 11 is 0. The molecule has 0 unspecified atom stereocenters. The molecule has 2 heterocycles. The number of aromatic nitrogens is 1. The molecule has 1 fully saturated rings. The van der Waals surface area contributed by atoms with E-state index in [2.05, 4.69) is 5.32 Å². The van der Waals surface area contributed by atoms with Crippen molar-refractivity contribution < 1.29 is 13.2 Å². The summed E-state index contributed by atoms with van der Waals surface area (Å²) in [4.78, 5) is 12.6. The predicted octanol–water partition coefficient (Wildman–Crippen LogP) is 2.90. The zero-order valence-corrected chi connectivity index (χ0v) is 16.3. The van der Waals surface area contributed by atoms with Gasteiger partial charge in [0, 0.05) is 36.7 Å². The first-order valence-electron chi connectivity index (χ1n) is 9.37. The Morgan fingerprint density at radius 2 is 1.88 bits per heavy atom. The predicted molar refractivity (Wildman–Crippen MR) is 103 cm³/mol. The van der Waals surface area contributed by atoms with Gasteiger partial charge in [0.15, 0.2) is 0 Å². The first kappa shape index (κ1) is 18.9. The van der Waals surface area contributed by atoms with E-state index < -0.39 is 10.0 Å². The molecule has 3 rings (SSSR count). The average molecular weight is 378 g/mol.